The van der Waals surface area contributed by atoms with Gasteiger partial charge in [0.25, 0.3) is 0 Å². The zero-order valence-electron chi connectivity index (χ0n) is 11.7. The molecule has 2 rings (SSSR count). The van der Waals surface area contributed by atoms with Crippen LogP contribution in [0.5, 0.6) is 0 Å². The molecule has 0 fully saturated rings. The van der Waals surface area contributed by atoms with Crippen molar-refractivity contribution in [2.45, 2.75) is 0 Å². The second-order valence-electron chi connectivity index (χ2n) is 4.20. The van der Waals surface area contributed by atoms with E-state index in [0.717, 1.165) is 22.6 Å². The molecule has 0 aliphatic heterocycles. The van der Waals surface area contributed by atoms with Gasteiger partial charge in [0.15, 0.2) is 0 Å². The summed E-state index contributed by atoms with van der Waals surface area (Å²) in [6, 6.07) is 20.0. The quantitative estimate of drug-likeness (QED) is 0.591. The van der Waals surface area contributed by atoms with Crippen molar-refractivity contribution in [2.75, 3.05) is 14.2 Å². The molecule has 0 aromatic heterocycles. The first-order valence-corrected chi connectivity index (χ1v) is 6.46. The summed E-state index contributed by atoms with van der Waals surface area (Å²) >= 11 is 0. The first-order valence-electron chi connectivity index (χ1n) is 6.46. The third kappa shape index (κ3) is 3.51. The number of methoxy groups -OCH3 is 2. The van der Waals surface area contributed by atoms with E-state index in [-0.39, 0.29) is 0 Å². The van der Waals surface area contributed by atoms with Gasteiger partial charge in [0, 0.05) is 11.1 Å². The molecule has 0 bridgehead atoms. The summed E-state index contributed by atoms with van der Waals surface area (Å²) < 4.78 is 10.9. The van der Waals surface area contributed by atoms with Gasteiger partial charge >= 0.3 is 0 Å². The van der Waals surface area contributed by atoms with Gasteiger partial charge < -0.3 is 9.47 Å². The highest BCUT2D eigenvalue weighted by Crippen LogP contribution is 2.18. The average Bonchev–Trinajstić information content (AvgIpc) is 2.53. The van der Waals surface area contributed by atoms with Crippen LogP contribution in [0.4, 0.5) is 0 Å². The molecular formula is C18H18O2. The Hall–Kier alpha value is -2.48. The Morgan fingerprint density at radius 3 is 1.30 bits per heavy atom. The van der Waals surface area contributed by atoms with Crippen LogP contribution in [0.3, 0.4) is 0 Å². The van der Waals surface area contributed by atoms with Crippen molar-refractivity contribution >= 4 is 11.5 Å². The topological polar surface area (TPSA) is 18.5 Å². The molecule has 0 N–H and O–H groups in total. The number of benzene rings is 2. The van der Waals surface area contributed by atoms with Crippen molar-refractivity contribution in [3.63, 3.8) is 0 Å². The van der Waals surface area contributed by atoms with Crippen LogP contribution in [0.1, 0.15) is 11.1 Å². The Morgan fingerprint density at radius 1 is 0.650 bits per heavy atom. The van der Waals surface area contributed by atoms with Crippen LogP contribution >= 0.6 is 0 Å². The maximum absolute atomic E-state index is 5.43. The van der Waals surface area contributed by atoms with E-state index in [1.54, 1.807) is 14.2 Å². The largest absolute Gasteiger partial charge is 0.496 e. The van der Waals surface area contributed by atoms with E-state index in [9.17, 15) is 0 Å². The minimum atomic E-state index is 0.802. The fraction of sp³-hybridized carbons (Fsp3) is 0.111. The highest BCUT2D eigenvalue weighted by atomic mass is 16.5. The fourth-order valence-electron chi connectivity index (χ4n) is 1.92. The molecule has 2 aromatic carbocycles. The predicted molar refractivity (Wildman–Crippen MR) is 82.9 cm³/mol. The Kier molecular flexibility index (Phi) is 5.01. The van der Waals surface area contributed by atoms with Gasteiger partial charge in [0.1, 0.15) is 11.5 Å². The zero-order valence-corrected chi connectivity index (χ0v) is 11.7. The molecule has 0 aliphatic rings. The van der Waals surface area contributed by atoms with Crippen molar-refractivity contribution in [3.05, 3.63) is 83.9 Å². The molecule has 0 unspecified atom stereocenters. The molecule has 0 amide bonds. The predicted octanol–water partition coefficient (Wildman–Crippen LogP) is 4.36. The first kappa shape index (κ1) is 13.9. The standard InChI is InChI=1S/C18H18O2/c1-19-17(15-9-5-3-6-10-15)13-14-18(20-2)16-11-7-4-8-12-16/h3-14H,1-2H3/b17-13-,18-14-. The maximum Gasteiger partial charge on any atom is 0.126 e. The van der Waals surface area contributed by atoms with Gasteiger partial charge in [-0.1, -0.05) is 60.7 Å². The van der Waals surface area contributed by atoms with Gasteiger partial charge in [-0.2, -0.15) is 0 Å². The molecule has 20 heavy (non-hydrogen) atoms. The monoisotopic (exact) mass is 266 g/mol. The van der Waals surface area contributed by atoms with Gasteiger partial charge in [-0.25, -0.2) is 0 Å². The van der Waals surface area contributed by atoms with Crippen LogP contribution in [0.25, 0.3) is 11.5 Å². The lowest BCUT2D eigenvalue weighted by Gasteiger charge is -2.07. The number of hydrogen-bond donors (Lipinski definition) is 0. The van der Waals surface area contributed by atoms with Crippen molar-refractivity contribution in [2.24, 2.45) is 0 Å². The highest BCUT2D eigenvalue weighted by Gasteiger charge is 2.01. The van der Waals surface area contributed by atoms with Crippen molar-refractivity contribution in [1.29, 1.82) is 0 Å². The smallest absolute Gasteiger partial charge is 0.126 e. The van der Waals surface area contributed by atoms with E-state index < -0.39 is 0 Å². The van der Waals surface area contributed by atoms with Crippen molar-refractivity contribution < 1.29 is 9.47 Å². The van der Waals surface area contributed by atoms with E-state index in [1.807, 2.05) is 72.8 Å². The van der Waals surface area contributed by atoms with Crippen LogP contribution < -0.4 is 0 Å². The van der Waals surface area contributed by atoms with Gasteiger partial charge in [0.2, 0.25) is 0 Å². The van der Waals surface area contributed by atoms with E-state index >= 15 is 0 Å². The summed E-state index contributed by atoms with van der Waals surface area (Å²) in [5, 5.41) is 0. The Morgan fingerprint density at radius 2 is 1.00 bits per heavy atom. The molecule has 0 atom stereocenters. The lowest BCUT2D eigenvalue weighted by atomic mass is 10.1. The van der Waals surface area contributed by atoms with E-state index in [0.29, 0.717) is 0 Å². The van der Waals surface area contributed by atoms with Crippen LogP contribution in [-0.4, -0.2) is 14.2 Å². The molecule has 0 spiro atoms. The molecule has 2 nitrogen and oxygen atoms in total. The molecule has 102 valence electrons. The van der Waals surface area contributed by atoms with Gasteiger partial charge in [0.05, 0.1) is 14.2 Å². The normalized spacial score (nSPS) is 12.1. The van der Waals surface area contributed by atoms with Crippen molar-refractivity contribution in [1.82, 2.24) is 0 Å². The van der Waals surface area contributed by atoms with Gasteiger partial charge in [-0.15, -0.1) is 0 Å². The van der Waals surface area contributed by atoms with Crippen LogP contribution in [-0.2, 0) is 9.47 Å². The summed E-state index contributed by atoms with van der Waals surface area (Å²) in [7, 11) is 3.34. The molecule has 2 heteroatoms. The Labute approximate surface area is 120 Å². The summed E-state index contributed by atoms with van der Waals surface area (Å²) in [5.41, 5.74) is 2.07. The van der Waals surface area contributed by atoms with Crippen LogP contribution in [0.15, 0.2) is 72.8 Å². The number of allylic oxidation sites excluding steroid dienone is 2. The highest BCUT2D eigenvalue weighted by molar-refractivity contribution is 5.67. The molecule has 0 radical (unpaired) electrons. The maximum atomic E-state index is 5.43. The van der Waals surface area contributed by atoms with Gasteiger partial charge in [-0.05, 0) is 12.2 Å². The van der Waals surface area contributed by atoms with E-state index in [4.69, 9.17) is 9.47 Å². The summed E-state index contributed by atoms with van der Waals surface area (Å²) in [5.74, 6) is 1.60. The Bertz CT molecular complexity index is 528. The minimum Gasteiger partial charge on any atom is -0.496 e. The van der Waals surface area contributed by atoms with Gasteiger partial charge in [-0.3, -0.25) is 0 Å². The first-order chi connectivity index (χ1) is 9.85. The van der Waals surface area contributed by atoms with Crippen molar-refractivity contribution in [3.8, 4) is 0 Å². The fourth-order valence-corrected chi connectivity index (χ4v) is 1.92. The lowest BCUT2D eigenvalue weighted by Crippen LogP contribution is -1.89. The lowest BCUT2D eigenvalue weighted by molar-refractivity contribution is 0.366. The van der Waals surface area contributed by atoms with E-state index in [2.05, 4.69) is 0 Å². The molecular weight excluding hydrogens is 248 g/mol. The second-order valence-corrected chi connectivity index (χ2v) is 4.20. The number of ether oxygens (including phenoxy) is 2. The average molecular weight is 266 g/mol. The molecule has 2 aromatic rings. The summed E-state index contributed by atoms with van der Waals surface area (Å²) in [6.45, 7) is 0. The second kappa shape index (κ2) is 7.19. The SMILES string of the molecule is CO/C(=C\C=C(/OC)c1ccccc1)c1ccccc1. The third-order valence-electron chi connectivity index (χ3n) is 2.94. The summed E-state index contributed by atoms with van der Waals surface area (Å²) in [6.07, 6.45) is 3.84. The number of rotatable bonds is 5. The van der Waals surface area contributed by atoms with Crippen LogP contribution in [0.2, 0.25) is 0 Å². The minimum absolute atomic E-state index is 0.802. The molecule has 0 aliphatic carbocycles. The molecule has 0 saturated carbocycles. The zero-order chi connectivity index (χ0) is 14.2. The van der Waals surface area contributed by atoms with E-state index in [1.165, 1.54) is 0 Å². The van der Waals surface area contributed by atoms with Crippen LogP contribution in [0, 0.1) is 0 Å². The third-order valence-corrected chi connectivity index (χ3v) is 2.94. The molecule has 0 saturated heterocycles. The summed E-state index contributed by atoms with van der Waals surface area (Å²) in [4.78, 5) is 0. The molecule has 0 heterocycles. The number of hydrogen-bond acceptors (Lipinski definition) is 2. The Balaban J connectivity index is 2.30.